The monoisotopic (exact) mass is 288 g/mol. The second-order valence-electron chi connectivity index (χ2n) is 4.56. The molecule has 0 saturated heterocycles. The van der Waals surface area contributed by atoms with Crippen LogP contribution in [0.25, 0.3) is 11.1 Å². The molecule has 2 aromatic rings. The summed E-state index contributed by atoms with van der Waals surface area (Å²) >= 11 is 0. The summed E-state index contributed by atoms with van der Waals surface area (Å²) in [5.41, 5.74) is 1.96. The fourth-order valence-electron chi connectivity index (χ4n) is 1.97. The number of ether oxygens (including phenoxy) is 2. The minimum Gasteiger partial charge on any atom is -0.493 e. The maximum Gasteiger partial charge on any atom is 0.337 e. The first-order chi connectivity index (χ1) is 10.2. The van der Waals surface area contributed by atoms with Crippen molar-refractivity contribution in [2.75, 3.05) is 13.7 Å². The normalized spacial score (nSPS) is 10.2. The van der Waals surface area contributed by atoms with Crippen LogP contribution in [0.1, 0.15) is 23.7 Å². The largest absolute Gasteiger partial charge is 0.493 e. The van der Waals surface area contributed by atoms with Gasteiger partial charge in [0.2, 0.25) is 0 Å². The number of hydrogen-bond donors (Lipinski definition) is 0. The van der Waals surface area contributed by atoms with Crippen LogP contribution >= 0.6 is 0 Å². The molecule has 3 nitrogen and oxygen atoms in total. The van der Waals surface area contributed by atoms with Crippen LogP contribution in [0, 0.1) is 5.82 Å². The molecule has 21 heavy (non-hydrogen) atoms. The quantitative estimate of drug-likeness (QED) is 0.778. The zero-order valence-electron chi connectivity index (χ0n) is 12.1. The highest BCUT2D eigenvalue weighted by molar-refractivity contribution is 5.91. The highest BCUT2D eigenvalue weighted by Gasteiger charge is 2.12. The van der Waals surface area contributed by atoms with Crippen molar-refractivity contribution in [1.29, 1.82) is 0 Å². The third kappa shape index (κ3) is 3.60. The molecule has 0 amide bonds. The molecule has 0 radical (unpaired) electrons. The Hall–Kier alpha value is -2.36. The summed E-state index contributed by atoms with van der Waals surface area (Å²) < 4.78 is 23.5. The number of hydrogen-bond acceptors (Lipinski definition) is 3. The van der Waals surface area contributed by atoms with Crippen LogP contribution in [0.2, 0.25) is 0 Å². The Morgan fingerprint density at radius 3 is 2.48 bits per heavy atom. The molecule has 0 fully saturated rings. The van der Waals surface area contributed by atoms with E-state index in [1.54, 1.807) is 30.3 Å². The maximum atomic E-state index is 13.1. The van der Waals surface area contributed by atoms with Crippen LogP contribution in [0.15, 0.2) is 42.5 Å². The van der Waals surface area contributed by atoms with Gasteiger partial charge in [0.15, 0.2) is 0 Å². The molecule has 2 rings (SSSR count). The Morgan fingerprint density at radius 2 is 1.86 bits per heavy atom. The Morgan fingerprint density at radius 1 is 1.14 bits per heavy atom. The van der Waals surface area contributed by atoms with Crippen molar-refractivity contribution in [2.24, 2.45) is 0 Å². The van der Waals surface area contributed by atoms with Gasteiger partial charge in [0.1, 0.15) is 11.6 Å². The summed E-state index contributed by atoms with van der Waals surface area (Å²) in [7, 11) is 1.33. The standard InChI is InChI=1S/C17H17FO3/c1-3-10-21-16-9-6-13(17(19)20-2)11-15(16)12-4-7-14(18)8-5-12/h4-9,11H,3,10H2,1-2H3. The molecule has 0 spiro atoms. The fraction of sp³-hybridized carbons (Fsp3) is 0.235. The molecule has 0 aromatic heterocycles. The molecule has 110 valence electrons. The van der Waals surface area contributed by atoms with E-state index in [4.69, 9.17) is 9.47 Å². The summed E-state index contributed by atoms with van der Waals surface area (Å²) in [5, 5.41) is 0. The van der Waals surface area contributed by atoms with Gasteiger partial charge in [0.05, 0.1) is 19.3 Å². The average Bonchev–Trinajstić information content (AvgIpc) is 2.53. The lowest BCUT2D eigenvalue weighted by Crippen LogP contribution is -2.03. The molecule has 0 aliphatic rings. The van der Waals surface area contributed by atoms with Crippen molar-refractivity contribution < 1.29 is 18.7 Å². The number of rotatable bonds is 5. The number of benzene rings is 2. The Kier molecular flexibility index (Phi) is 4.93. The second-order valence-corrected chi connectivity index (χ2v) is 4.56. The molecule has 0 N–H and O–H groups in total. The number of carbonyl (C=O) groups is 1. The van der Waals surface area contributed by atoms with E-state index in [2.05, 4.69) is 0 Å². The molecule has 0 heterocycles. The molecule has 0 bridgehead atoms. The highest BCUT2D eigenvalue weighted by atomic mass is 19.1. The zero-order valence-corrected chi connectivity index (χ0v) is 12.1. The molecule has 4 heteroatoms. The van der Waals surface area contributed by atoms with Gasteiger partial charge < -0.3 is 9.47 Å². The van der Waals surface area contributed by atoms with Gasteiger partial charge in [-0.2, -0.15) is 0 Å². The molecule has 0 aliphatic carbocycles. The van der Waals surface area contributed by atoms with Gasteiger partial charge in [0, 0.05) is 5.56 Å². The van der Waals surface area contributed by atoms with Crippen molar-refractivity contribution in [3.63, 3.8) is 0 Å². The van der Waals surface area contributed by atoms with E-state index in [9.17, 15) is 9.18 Å². The number of methoxy groups -OCH3 is 1. The van der Waals surface area contributed by atoms with Crippen LogP contribution < -0.4 is 4.74 Å². The van der Waals surface area contributed by atoms with Crippen molar-refractivity contribution in [1.82, 2.24) is 0 Å². The lowest BCUT2D eigenvalue weighted by molar-refractivity contribution is 0.0600. The number of esters is 1. The van der Waals surface area contributed by atoms with Gasteiger partial charge in [-0.05, 0) is 42.3 Å². The van der Waals surface area contributed by atoms with E-state index in [1.165, 1.54) is 19.2 Å². The van der Waals surface area contributed by atoms with E-state index in [-0.39, 0.29) is 5.82 Å². The number of carbonyl (C=O) groups excluding carboxylic acids is 1. The first-order valence-electron chi connectivity index (χ1n) is 6.76. The SMILES string of the molecule is CCCOc1ccc(C(=O)OC)cc1-c1ccc(F)cc1. The van der Waals surface area contributed by atoms with Crippen molar-refractivity contribution in [3.8, 4) is 16.9 Å². The van der Waals surface area contributed by atoms with Crippen LogP contribution in [0.5, 0.6) is 5.75 Å². The third-order valence-electron chi connectivity index (χ3n) is 3.02. The molecule has 0 unspecified atom stereocenters. The molecular weight excluding hydrogens is 271 g/mol. The molecule has 0 saturated carbocycles. The first kappa shape index (κ1) is 15.0. The van der Waals surface area contributed by atoms with Gasteiger partial charge in [-0.15, -0.1) is 0 Å². The predicted octanol–water partition coefficient (Wildman–Crippen LogP) is 4.07. The van der Waals surface area contributed by atoms with Crippen LogP contribution in [-0.2, 0) is 4.74 Å². The maximum absolute atomic E-state index is 13.1. The zero-order chi connectivity index (χ0) is 15.2. The van der Waals surface area contributed by atoms with E-state index < -0.39 is 5.97 Å². The van der Waals surface area contributed by atoms with E-state index in [0.717, 1.165) is 17.5 Å². The van der Waals surface area contributed by atoms with Crippen LogP contribution in [-0.4, -0.2) is 19.7 Å². The minimum absolute atomic E-state index is 0.307. The van der Waals surface area contributed by atoms with Crippen molar-refractivity contribution in [3.05, 3.63) is 53.8 Å². The average molecular weight is 288 g/mol. The van der Waals surface area contributed by atoms with Gasteiger partial charge in [-0.1, -0.05) is 19.1 Å². The topological polar surface area (TPSA) is 35.5 Å². The third-order valence-corrected chi connectivity index (χ3v) is 3.02. The Bertz CT molecular complexity index is 620. The lowest BCUT2D eigenvalue weighted by Gasteiger charge is -2.12. The van der Waals surface area contributed by atoms with E-state index in [0.29, 0.717) is 17.9 Å². The number of halogens is 1. The smallest absolute Gasteiger partial charge is 0.337 e. The molecular formula is C17H17FO3. The Balaban J connectivity index is 2.46. The molecule has 0 aliphatic heterocycles. The van der Waals surface area contributed by atoms with Gasteiger partial charge in [-0.3, -0.25) is 0 Å². The summed E-state index contributed by atoms with van der Waals surface area (Å²) in [4.78, 5) is 11.7. The predicted molar refractivity (Wildman–Crippen MR) is 79.0 cm³/mol. The van der Waals surface area contributed by atoms with Crippen LogP contribution in [0.3, 0.4) is 0 Å². The summed E-state index contributed by atoms with van der Waals surface area (Å²) in [6.07, 6.45) is 0.877. The van der Waals surface area contributed by atoms with Gasteiger partial charge in [0.25, 0.3) is 0 Å². The fourth-order valence-corrected chi connectivity index (χ4v) is 1.97. The summed E-state index contributed by atoms with van der Waals surface area (Å²) in [5.74, 6) is -0.0598. The summed E-state index contributed by atoms with van der Waals surface area (Å²) in [6.45, 7) is 2.59. The van der Waals surface area contributed by atoms with Crippen LogP contribution in [0.4, 0.5) is 4.39 Å². The molecule has 0 atom stereocenters. The lowest BCUT2D eigenvalue weighted by atomic mass is 10.0. The van der Waals surface area contributed by atoms with Gasteiger partial charge >= 0.3 is 5.97 Å². The first-order valence-corrected chi connectivity index (χ1v) is 6.76. The van der Waals surface area contributed by atoms with E-state index in [1.807, 2.05) is 6.92 Å². The molecule has 2 aromatic carbocycles. The van der Waals surface area contributed by atoms with Crippen molar-refractivity contribution >= 4 is 5.97 Å². The van der Waals surface area contributed by atoms with Gasteiger partial charge in [-0.25, -0.2) is 9.18 Å². The second kappa shape index (κ2) is 6.88. The summed E-state index contributed by atoms with van der Waals surface area (Å²) in [6, 6.07) is 11.2. The minimum atomic E-state index is -0.416. The van der Waals surface area contributed by atoms with E-state index >= 15 is 0 Å². The highest BCUT2D eigenvalue weighted by Crippen LogP contribution is 2.31. The Labute approximate surface area is 123 Å². The van der Waals surface area contributed by atoms with Crippen molar-refractivity contribution in [2.45, 2.75) is 13.3 Å².